The molecule has 0 unspecified atom stereocenters. The van der Waals surface area contributed by atoms with Gasteiger partial charge in [-0.3, -0.25) is 14.2 Å². The molecule has 4 rings (SSSR count). The molecule has 0 bridgehead atoms. The predicted octanol–water partition coefficient (Wildman–Crippen LogP) is 4.00. The lowest BCUT2D eigenvalue weighted by molar-refractivity contribution is -0.113. The van der Waals surface area contributed by atoms with Crippen molar-refractivity contribution in [1.29, 1.82) is 0 Å². The maximum atomic E-state index is 13.4. The number of thioether (sulfide) groups is 1. The molecule has 0 aliphatic heterocycles. The second kappa shape index (κ2) is 11.1. The average Bonchev–Trinajstić information content (AvgIpc) is 2.91. The number of aromatic nitrogens is 2. The van der Waals surface area contributed by atoms with Crippen molar-refractivity contribution in [3.05, 3.63) is 93.8 Å². The Balaban J connectivity index is 1.67. The summed E-state index contributed by atoms with van der Waals surface area (Å²) in [6.07, 6.45) is 0. The van der Waals surface area contributed by atoms with Crippen molar-refractivity contribution in [3.63, 3.8) is 0 Å². The molecule has 0 aliphatic rings. The minimum absolute atomic E-state index is 0.0779. The van der Waals surface area contributed by atoms with E-state index in [9.17, 15) is 19.2 Å². The van der Waals surface area contributed by atoms with Crippen LogP contribution in [0.2, 0.25) is 0 Å². The number of hydrogen-bond donors (Lipinski definition) is 1. The monoisotopic (exact) mass is 517 g/mol. The summed E-state index contributed by atoms with van der Waals surface area (Å²) in [4.78, 5) is 55.2. The number of nitrogens with zero attached hydrogens (tertiary/aromatic N) is 2. The molecular weight excluding hydrogens is 494 g/mol. The predicted molar refractivity (Wildman–Crippen MR) is 141 cm³/mol. The molecule has 1 aromatic heterocycles. The Kier molecular flexibility index (Phi) is 7.69. The lowest BCUT2D eigenvalue weighted by atomic mass is 10.1. The van der Waals surface area contributed by atoms with Crippen LogP contribution in [0, 0.1) is 6.92 Å². The van der Waals surface area contributed by atoms with Crippen LogP contribution < -0.4 is 10.9 Å². The molecule has 0 fully saturated rings. The lowest BCUT2D eigenvalue weighted by Crippen LogP contribution is -2.23. The largest absolute Gasteiger partial charge is 0.465 e. The minimum Gasteiger partial charge on any atom is -0.465 e. The van der Waals surface area contributed by atoms with Crippen LogP contribution in [-0.2, 0) is 14.3 Å². The van der Waals surface area contributed by atoms with Gasteiger partial charge in [-0.25, -0.2) is 14.6 Å². The van der Waals surface area contributed by atoms with E-state index in [-0.39, 0.29) is 28.1 Å². The molecule has 0 aliphatic carbocycles. The van der Waals surface area contributed by atoms with Crippen LogP contribution in [0.5, 0.6) is 0 Å². The van der Waals surface area contributed by atoms with E-state index in [1.54, 1.807) is 24.3 Å². The number of hydrogen-bond acceptors (Lipinski definition) is 8. The van der Waals surface area contributed by atoms with Crippen LogP contribution in [0.15, 0.2) is 76.7 Å². The van der Waals surface area contributed by atoms with E-state index in [4.69, 9.17) is 9.47 Å². The van der Waals surface area contributed by atoms with Gasteiger partial charge in [-0.15, -0.1) is 0 Å². The number of carbonyl (C=O) groups is 3. The van der Waals surface area contributed by atoms with Gasteiger partial charge < -0.3 is 14.8 Å². The minimum atomic E-state index is -0.677. The number of para-hydroxylation sites is 2. The summed E-state index contributed by atoms with van der Waals surface area (Å²) in [6, 6.07) is 18.5. The Morgan fingerprint density at radius 3 is 2.38 bits per heavy atom. The van der Waals surface area contributed by atoms with Gasteiger partial charge in [0, 0.05) is 0 Å². The van der Waals surface area contributed by atoms with Gasteiger partial charge in [0.05, 0.1) is 53.4 Å². The van der Waals surface area contributed by atoms with Crippen molar-refractivity contribution in [3.8, 4) is 5.69 Å². The van der Waals surface area contributed by atoms with E-state index in [1.807, 2.05) is 31.2 Å². The summed E-state index contributed by atoms with van der Waals surface area (Å²) >= 11 is 1.07. The third kappa shape index (κ3) is 5.39. The molecule has 37 heavy (non-hydrogen) atoms. The average molecular weight is 518 g/mol. The van der Waals surface area contributed by atoms with Gasteiger partial charge in [-0.1, -0.05) is 42.1 Å². The molecular formula is C27H23N3O6S. The first-order chi connectivity index (χ1) is 17.8. The number of aryl methyl sites for hydroxylation is 1. The van der Waals surface area contributed by atoms with Gasteiger partial charge in [-0.2, -0.15) is 0 Å². The quantitative estimate of drug-likeness (QED) is 0.222. The first-order valence-corrected chi connectivity index (χ1v) is 12.1. The number of rotatable bonds is 7. The van der Waals surface area contributed by atoms with Crippen molar-refractivity contribution >= 4 is 46.2 Å². The zero-order valence-corrected chi connectivity index (χ0v) is 21.1. The number of esters is 2. The normalized spacial score (nSPS) is 10.7. The highest BCUT2D eigenvalue weighted by Gasteiger charge is 2.19. The van der Waals surface area contributed by atoms with Gasteiger partial charge in [0.1, 0.15) is 0 Å². The summed E-state index contributed by atoms with van der Waals surface area (Å²) in [7, 11) is 2.45. The number of ether oxygens (including phenoxy) is 2. The summed E-state index contributed by atoms with van der Waals surface area (Å²) in [5.74, 6) is -1.90. The molecule has 1 heterocycles. The van der Waals surface area contributed by atoms with E-state index in [0.29, 0.717) is 21.7 Å². The van der Waals surface area contributed by atoms with Crippen LogP contribution in [0.3, 0.4) is 0 Å². The highest BCUT2D eigenvalue weighted by Crippen LogP contribution is 2.24. The summed E-state index contributed by atoms with van der Waals surface area (Å²) < 4.78 is 11.0. The Bertz CT molecular complexity index is 1580. The number of amides is 1. The highest BCUT2D eigenvalue weighted by atomic mass is 32.2. The maximum absolute atomic E-state index is 13.4. The fraction of sp³-hybridized carbons (Fsp3) is 0.148. The number of anilines is 1. The third-order valence-corrected chi connectivity index (χ3v) is 6.49. The highest BCUT2D eigenvalue weighted by molar-refractivity contribution is 7.99. The molecule has 0 saturated heterocycles. The van der Waals surface area contributed by atoms with Crippen molar-refractivity contribution in [2.24, 2.45) is 0 Å². The van der Waals surface area contributed by atoms with Gasteiger partial charge in [0.2, 0.25) is 5.91 Å². The van der Waals surface area contributed by atoms with Gasteiger partial charge >= 0.3 is 11.9 Å². The number of fused-ring (bicyclic) bond motifs is 1. The van der Waals surface area contributed by atoms with Crippen LogP contribution in [0.25, 0.3) is 16.6 Å². The number of methoxy groups -OCH3 is 2. The van der Waals surface area contributed by atoms with Crippen molar-refractivity contribution < 1.29 is 23.9 Å². The number of nitrogens with one attached hydrogen (secondary N) is 1. The molecule has 188 valence electrons. The number of benzene rings is 3. The standard InChI is InChI=1S/C27H23N3O6S/c1-16-8-4-7-11-22(16)30-24(32)18-9-5-6-10-20(18)29-27(30)37-15-23(31)28-21-14-17(25(33)35-2)12-13-19(21)26(34)36-3/h4-14H,15H2,1-3H3,(H,28,31). The Morgan fingerprint density at radius 1 is 0.946 bits per heavy atom. The van der Waals surface area contributed by atoms with E-state index in [2.05, 4.69) is 10.3 Å². The molecule has 0 radical (unpaired) electrons. The Labute approximate surface area is 216 Å². The Morgan fingerprint density at radius 2 is 1.65 bits per heavy atom. The fourth-order valence-corrected chi connectivity index (χ4v) is 4.54. The molecule has 1 N–H and O–H groups in total. The van der Waals surface area contributed by atoms with Gasteiger partial charge in [0.25, 0.3) is 5.56 Å². The fourth-order valence-electron chi connectivity index (χ4n) is 3.73. The molecule has 0 atom stereocenters. The van der Waals surface area contributed by atoms with Crippen LogP contribution in [0.4, 0.5) is 5.69 Å². The van der Waals surface area contributed by atoms with E-state index in [1.165, 1.54) is 37.0 Å². The number of carbonyl (C=O) groups excluding carboxylic acids is 3. The summed E-state index contributed by atoms with van der Waals surface area (Å²) in [6.45, 7) is 1.89. The van der Waals surface area contributed by atoms with E-state index < -0.39 is 17.8 Å². The molecule has 9 nitrogen and oxygen atoms in total. The van der Waals surface area contributed by atoms with Crippen molar-refractivity contribution in [2.75, 3.05) is 25.3 Å². The van der Waals surface area contributed by atoms with Crippen LogP contribution >= 0.6 is 11.8 Å². The second-order valence-electron chi connectivity index (χ2n) is 7.92. The molecule has 10 heteroatoms. The van der Waals surface area contributed by atoms with E-state index >= 15 is 0 Å². The van der Waals surface area contributed by atoms with Gasteiger partial charge in [0.15, 0.2) is 5.16 Å². The van der Waals surface area contributed by atoms with Crippen LogP contribution in [0.1, 0.15) is 26.3 Å². The first kappa shape index (κ1) is 25.6. The first-order valence-electron chi connectivity index (χ1n) is 11.1. The topological polar surface area (TPSA) is 117 Å². The van der Waals surface area contributed by atoms with Gasteiger partial charge in [-0.05, 0) is 48.9 Å². The molecule has 4 aromatic rings. The van der Waals surface area contributed by atoms with Crippen molar-refractivity contribution in [2.45, 2.75) is 12.1 Å². The zero-order chi connectivity index (χ0) is 26.5. The second-order valence-corrected chi connectivity index (χ2v) is 8.86. The Hall–Kier alpha value is -4.44. The lowest BCUT2D eigenvalue weighted by Gasteiger charge is -2.15. The summed E-state index contributed by atoms with van der Waals surface area (Å²) in [5, 5.41) is 3.45. The maximum Gasteiger partial charge on any atom is 0.339 e. The molecule has 0 saturated carbocycles. The smallest absolute Gasteiger partial charge is 0.339 e. The van der Waals surface area contributed by atoms with Crippen molar-refractivity contribution in [1.82, 2.24) is 9.55 Å². The third-order valence-electron chi connectivity index (χ3n) is 5.55. The van der Waals surface area contributed by atoms with E-state index in [0.717, 1.165) is 17.3 Å². The summed E-state index contributed by atoms with van der Waals surface area (Å²) in [5.41, 5.74) is 2.13. The SMILES string of the molecule is COC(=O)c1ccc(C(=O)OC)c(NC(=O)CSc2nc3ccccc3c(=O)n2-c2ccccc2C)c1. The molecule has 3 aromatic carbocycles. The molecule has 1 amide bonds. The zero-order valence-electron chi connectivity index (χ0n) is 20.3. The van der Waals surface area contributed by atoms with Crippen LogP contribution in [-0.4, -0.2) is 47.4 Å². The molecule has 0 spiro atoms.